The molecule has 1 atom stereocenters. The molecule has 0 fully saturated rings. The van der Waals surface area contributed by atoms with Crippen LogP contribution in [0, 0.1) is 10.1 Å². The molecule has 0 aromatic carbocycles. The lowest BCUT2D eigenvalue weighted by Gasteiger charge is -2.27. The molecule has 0 saturated carbocycles. The predicted octanol–water partition coefficient (Wildman–Crippen LogP) is 1.39. The first-order valence-corrected chi connectivity index (χ1v) is 6.47. The number of nitro groups is 1. The minimum absolute atomic E-state index is 0.105. The first kappa shape index (κ1) is 16.7. The molecule has 21 heavy (non-hydrogen) atoms. The van der Waals surface area contributed by atoms with E-state index in [1.54, 1.807) is 6.92 Å². The molecule has 1 heterocycles. The van der Waals surface area contributed by atoms with E-state index in [-0.39, 0.29) is 11.4 Å². The zero-order valence-electron chi connectivity index (χ0n) is 12.5. The second-order valence-corrected chi connectivity index (χ2v) is 4.98. The van der Waals surface area contributed by atoms with Crippen LogP contribution in [0.2, 0.25) is 0 Å². The average molecular weight is 297 g/mol. The van der Waals surface area contributed by atoms with Gasteiger partial charge in [-0.1, -0.05) is 13.3 Å². The zero-order valence-corrected chi connectivity index (χ0v) is 12.5. The second kappa shape index (κ2) is 6.38. The summed E-state index contributed by atoms with van der Waals surface area (Å²) in [5.41, 5.74) is -1.24. The van der Waals surface area contributed by atoms with Crippen molar-refractivity contribution in [2.45, 2.75) is 32.2 Å². The topological polar surface area (TPSA) is 103 Å². The lowest BCUT2D eigenvalue weighted by Crippen LogP contribution is -2.53. The van der Waals surface area contributed by atoms with E-state index in [0.717, 1.165) is 0 Å². The first-order valence-electron chi connectivity index (χ1n) is 6.47. The third-order valence-electron chi connectivity index (χ3n) is 3.21. The highest BCUT2D eigenvalue weighted by atomic mass is 16.6. The van der Waals surface area contributed by atoms with Gasteiger partial charge in [-0.2, -0.15) is 0 Å². The normalized spacial score (nSPS) is 13.3. The van der Waals surface area contributed by atoms with Gasteiger partial charge in [0.15, 0.2) is 0 Å². The summed E-state index contributed by atoms with van der Waals surface area (Å²) >= 11 is 0. The van der Waals surface area contributed by atoms with E-state index in [1.807, 2.05) is 6.92 Å². The maximum Gasteiger partial charge on any atom is 0.331 e. The fraction of sp³-hybridized carbons (Fsp3) is 0.538. The number of carbonyl (C=O) groups excluding carboxylic acids is 2. The molecular formula is C13H19N3O5. The Labute approximate surface area is 122 Å². The van der Waals surface area contributed by atoms with E-state index in [9.17, 15) is 19.7 Å². The summed E-state index contributed by atoms with van der Waals surface area (Å²) in [6.07, 6.45) is 2.31. The van der Waals surface area contributed by atoms with Crippen molar-refractivity contribution in [2.75, 3.05) is 7.11 Å². The van der Waals surface area contributed by atoms with E-state index in [0.29, 0.717) is 12.8 Å². The molecule has 0 radical (unpaired) electrons. The number of hydrogen-bond acceptors (Lipinski definition) is 5. The van der Waals surface area contributed by atoms with Crippen LogP contribution in [0.4, 0.5) is 5.69 Å². The van der Waals surface area contributed by atoms with E-state index < -0.39 is 22.3 Å². The van der Waals surface area contributed by atoms with Crippen LogP contribution in [0.1, 0.15) is 37.2 Å². The van der Waals surface area contributed by atoms with Crippen molar-refractivity contribution in [3.8, 4) is 0 Å². The summed E-state index contributed by atoms with van der Waals surface area (Å²) in [7, 11) is 2.77. The summed E-state index contributed by atoms with van der Waals surface area (Å²) in [6.45, 7) is 3.44. The van der Waals surface area contributed by atoms with E-state index in [1.165, 1.54) is 31.0 Å². The van der Waals surface area contributed by atoms with Crippen molar-refractivity contribution in [3.63, 3.8) is 0 Å². The van der Waals surface area contributed by atoms with Gasteiger partial charge in [0.05, 0.1) is 18.2 Å². The molecule has 1 unspecified atom stereocenters. The molecule has 0 aliphatic heterocycles. The number of aryl methyl sites for hydroxylation is 1. The van der Waals surface area contributed by atoms with Crippen LogP contribution in [0.5, 0.6) is 0 Å². The highest BCUT2D eigenvalue weighted by molar-refractivity contribution is 5.97. The number of nitrogens with one attached hydrogen (secondary N) is 1. The van der Waals surface area contributed by atoms with Crippen LogP contribution < -0.4 is 5.32 Å². The molecule has 1 aromatic rings. The smallest absolute Gasteiger partial charge is 0.331 e. The zero-order chi connectivity index (χ0) is 16.2. The minimum Gasteiger partial charge on any atom is -0.467 e. The van der Waals surface area contributed by atoms with E-state index >= 15 is 0 Å². The van der Waals surface area contributed by atoms with Crippen molar-refractivity contribution < 1.29 is 19.2 Å². The molecule has 1 rings (SSSR count). The Morgan fingerprint density at radius 3 is 2.57 bits per heavy atom. The Bertz CT molecular complexity index is 566. The Hall–Kier alpha value is -2.38. The van der Waals surface area contributed by atoms with Gasteiger partial charge in [-0.3, -0.25) is 14.9 Å². The van der Waals surface area contributed by atoms with Crippen molar-refractivity contribution in [3.05, 3.63) is 28.1 Å². The van der Waals surface area contributed by atoms with E-state index in [2.05, 4.69) is 5.32 Å². The maximum absolute atomic E-state index is 12.2. The number of rotatable bonds is 6. The predicted molar refractivity (Wildman–Crippen MR) is 74.9 cm³/mol. The fourth-order valence-corrected chi connectivity index (χ4v) is 2.13. The molecule has 1 aromatic heterocycles. The summed E-state index contributed by atoms with van der Waals surface area (Å²) in [4.78, 5) is 34.2. The number of amides is 1. The largest absolute Gasteiger partial charge is 0.467 e. The molecule has 1 N–H and O–H groups in total. The summed E-state index contributed by atoms with van der Waals surface area (Å²) < 4.78 is 6.05. The molecule has 0 saturated heterocycles. The quantitative estimate of drug-likeness (QED) is 0.485. The summed E-state index contributed by atoms with van der Waals surface area (Å²) in [5, 5.41) is 13.3. The van der Waals surface area contributed by atoms with Crippen molar-refractivity contribution in [2.24, 2.45) is 7.05 Å². The average Bonchev–Trinajstić information content (AvgIpc) is 2.80. The third kappa shape index (κ3) is 3.59. The molecule has 116 valence electrons. The van der Waals surface area contributed by atoms with Crippen LogP contribution in [0.3, 0.4) is 0 Å². The van der Waals surface area contributed by atoms with Gasteiger partial charge >= 0.3 is 5.97 Å². The molecule has 8 heteroatoms. The highest BCUT2D eigenvalue weighted by Gasteiger charge is 2.36. The van der Waals surface area contributed by atoms with Crippen LogP contribution >= 0.6 is 0 Å². The van der Waals surface area contributed by atoms with Crippen LogP contribution in [0.15, 0.2) is 12.3 Å². The number of aromatic nitrogens is 1. The van der Waals surface area contributed by atoms with Gasteiger partial charge in [-0.15, -0.1) is 0 Å². The van der Waals surface area contributed by atoms with Crippen LogP contribution in [-0.4, -0.2) is 34.0 Å². The lowest BCUT2D eigenvalue weighted by molar-refractivity contribution is -0.384. The minimum atomic E-state index is -1.17. The van der Waals surface area contributed by atoms with Gasteiger partial charge in [-0.05, 0) is 13.3 Å². The van der Waals surface area contributed by atoms with Gasteiger partial charge in [0.25, 0.3) is 11.6 Å². The highest BCUT2D eigenvalue weighted by Crippen LogP contribution is 2.18. The van der Waals surface area contributed by atoms with Crippen molar-refractivity contribution in [1.82, 2.24) is 9.88 Å². The van der Waals surface area contributed by atoms with Gasteiger partial charge in [0.1, 0.15) is 11.2 Å². The Morgan fingerprint density at radius 1 is 1.52 bits per heavy atom. The Kier molecular flexibility index (Phi) is 5.07. The van der Waals surface area contributed by atoms with Crippen LogP contribution in [-0.2, 0) is 16.6 Å². The molecule has 8 nitrogen and oxygen atoms in total. The fourth-order valence-electron chi connectivity index (χ4n) is 2.13. The monoisotopic (exact) mass is 297 g/mol. The number of methoxy groups -OCH3 is 1. The van der Waals surface area contributed by atoms with Gasteiger partial charge in [-0.25, -0.2) is 4.79 Å². The molecule has 0 spiro atoms. The Balaban J connectivity index is 3.02. The maximum atomic E-state index is 12.2. The summed E-state index contributed by atoms with van der Waals surface area (Å²) in [6, 6.07) is 1.17. The van der Waals surface area contributed by atoms with Gasteiger partial charge in [0, 0.05) is 13.1 Å². The second-order valence-electron chi connectivity index (χ2n) is 4.98. The molecular weight excluding hydrogens is 278 g/mol. The lowest BCUT2D eigenvalue weighted by atomic mass is 9.96. The molecule has 0 aliphatic carbocycles. The van der Waals surface area contributed by atoms with Crippen LogP contribution in [0.25, 0.3) is 0 Å². The number of esters is 1. The SMILES string of the molecule is CCCC(C)(NC(=O)c1cc([N+](=O)[O-])cn1C)C(=O)OC. The third-order valence-corrected chi connectivity index (χ3v) is 3.21. The van der Waals surface area contributed by atoms with E-state index in [4.69, 9.17) is 4.74 Å². The number of hydrogen-bond donors (Lipinski definition) is 1. The van der Waals surface area contributed by atoms with Gasteiger partial charge < -0.3 is 14.6 Å². The summed E-state index contributed by atoms with van der Waals surface area (Å²) in [5.74, 6) is -1.12. The Morgan fingerprint density at radius 2 is 2.14 bits per heavy atom. The molecule has 0 aliphatic rings. The number of nitrogens with zero attached hydrogens (tertiary/aromatic N) is 2. The van der Waals surface area contributed by atoms with Gasteiger partial charge in [0.2, 0.25) is 0 Å². The number of ether oxygens (including phenoxy) is 1. The molecule has 0 bridgehead atoms. The standard InChI is InChI=1S/C13H19N3O5/c1-5-6-13(2,12(18)21-4)14-11(17)10-7-9(16(19)20)8-15(10)3/h7-8H,5-6H2,1-4H3,(H,14,17). The van der Waals surface area contributed by atoms with Crippen molar-refractivity contribution >= 4 is 17.6 Å². The number of carbonyl (C=O) groups is 2. The van der Waals surface area contributed by atoms with Crippen molar-refractivity contribution in [1.29, 1.82) is 0 Å². The first-order chi connectivity index (χ1) is 9.75. The molecule has 1 amide bonds.